The molecular weight excluding hydrogens is 270 g/mol. The van der Waals surface area contributed by atoms with E-state index in [1.54, 1.807) is 18.5 Å². The lowest BCUT2D eigenvalue weighted by molar-refractivity contribution is -0.148. The fraction of sp³-hybridized carbons (Fsp3) is 0.333. The Labute approximate surface area is 104 Å². The maximum absolute atomic E-state index is 11.4. The second-order valence-corrected chi connectivity index (χ2v) is 5.22. The number of aromatic nitrogens is 1. The normalized spacial score (nSPS) is 11.8. The Bertz CT molecular complexity index is 408. The first-order valence-corrected chi connectivity index (χ1v) is 5.68. The van der Waals surface area contributed by atoms with Gasteiger partial charge in [-0.15, -0.1) is 0 Å². The summed E-state index contributed by atoms with van der Waals surface area (Å²) in [6.07, 6.45) is 6.43. The molecule has 0 aromatic carbocycles. The van der Waals surface area contributed by atoms with Crippen molar-refractivity contribution in [1.29, 1.82) is 0 Å². The van der Waals surface area contributed by atoms with Crippen molar-refractivity contribution in [3.05, 3.63) is 34.6 Å². The summed E-state index contributed by atoms with van der Waals surface area (Å²) in [5.41, 5.74) is 0.386. The molecule has 4 heteroatoms. The molecule has 0 aliphatic rings. The topological polar surface area (TPSA) is 39.2 Å². The zero-order valence-corrected chi connectivity index (χ0v) is 11.1. The molecule has 0 fully saturated rings. The van der Waals surface area contributed by atoms with E-state index in [-0.39, 0.29) is 5.97 Å². The lowest BCUT2D eigenvalue weighted by atomic mass is 10.2. The van der Waals surface area contributed by atoms with Crippen molar-refractivity contribution in [3.63, 3.8) is 0 Å². The van der Waals surface area contributed by atoms with Crippen molar-refractivity contribution in [2.75, 3.05) is 0 Å². The Kier molecular flexibility index (Phi) is 4.24. The van der Waals surface area contributed by atoms with E-state index in [9.17, 15) is 4.79 Å². The second kappa shape index (κ2) is 5.25. The Balaban J connectivity index is 2.64. The van der Waals surface area contributed by atoms with E-state index in [1.165, 1.54) is 6.08 Å². The van der Waals surface area contributed by atoms with Crippen molar-refractivity contribution in [2.45, 2.75) is 26.4 Å². The number of nitrogens with zero attached hydrogens (tertiary/aromatic N) is 1. The SMILES string of the molecule is CC(C)(C)OC(=O)C=Cc1cncc(Br)c1. The van der Waals surface area contributed by atoms with Crippen molar-refractivity contribution in [2.24, 2.45) is 0 Å². The molecule has 0 radical (unpaired) electrons. The third kappa shape index (κ3) is 5.07. The van der Waals surface area contributed by atoms with Gasteiger partial charge in [0.2, 0.25) is 0 Å². The van der Waals surface area contributed by atoms with E-state index in [0.717, 1.165) is 10.0 Å². The molecule has 1 heterocycles. The van der Waals surface area contributed by atoms with Crippen molar-refractivity contribution < 1.29 is 9.53 Å². The maximum Gasteiger partial charge on any atom is 0.331 e. The minimum Gasteiger partial charge on any atom is -0.457 e. The first kappa shape index (κ1) is 12.9. The van der Waals surface area contributed by atoms with Crippen LogP contribution in [0.2, 0.25) is 0 Å². The summed E-state index contributed by atoms with van der Waals surface area (Å²) in [6, 6.07) is 1.87. The Morgan fingerprint density at radius 3 is 2.69 bits per heavy atom. The van der Waals surface area contributed by atoms with Gasteiger partial charge in [0.25, 0.3) is 0 Å². The third-order valence-corrected chi connectivity index (χ3v) is 1.98. The summed E-state index contributed by atoms with van der Waals surface area (Å²) in [7, 11) is 0. The Morgan fingerprint density at radius 1 is 1.44 bits per heavy atom. The zero-order chi connectivity index (χ0) is 12.2. The Morgan fingerprint density at radius 2 is 2.12 bits per heavy atom. The van der Waals surface area contributed by atoms with E-state index in [1.807, 2.05) is 26.8 Å². The predicted octanol–water partition coefficient (Wildman–Crippen LogP) is 3.20. The average molecular weight is 284 g/mol. The summed E-state index contributed by atoms with van der Waals surface area (Å²) >= 11 is 3.31. The van der Waals surface area contributed by atoms with Gasteiger partial charge in [0, 0.05) is 22.9 Å². The smallest absolute Gasteiger partial charge is 0.331 e. The van der Waals surface area contributed by atoms with Crippen molar-refractivity contribution >= 4 is 28.0 Å². The van der Waals surface area contributed by atoms with Crippen LogP contribution < -0.4 is 0 Å². The number of halogens is 1. The average Bonchev–Trinajstić information content (AvgIpc) is 2.12. The predicted molar refractivity (Wildman–Crippen MR) is 66.8 cm³/mol. The van der Waals surface area contributed by atoms with Gasteiger partial charge in [-0.25, -0.2) is 4.79 Å². The third-order valence-electron chi connectivity index (χ3n) is 1.54. The second-order valence-electron chi connectivity index (χ2n) is 4.30. The molecule has 16 heavy (non-hydrogen) atoms. The molecule has 3 nitrogen and oxygen atoms in total. The zero-order valence-electron chi connectivity index (χ0n) is 9.53. The van der Waals surface area contributed by atoms with Crippen molar-refractivity contribution in [1.82, 2.24) is 4.98 Å². The fourth-order valence-corrected chi connectivity index (χ4v) is 1.40. The lowest BCUT2D eigenvalue weighted by Gasteiger charge is -2.17. The molecule has 0 saturated heterocycles. The summed E-state index contributed by atoms with van der Waals surface area (Å²) in [5.74, 6) is -0.354. The van der Waals surface area contributed by atoms with E-state index >= 15 is 0 Å². The largest absolute Gasteiger partial charge is 0.457 e. The number of carbonyl (C=O) groups excluding carboxylic acids is 1. The van der Waals surface area contributed by atoms with Crippen LogP contribution >= 0.6 is 15.9 Å². The van der Waals surface area contributed by atoms with Crippen LogP contribution in [0.15, 0.2) is 29.0 Å². The number of esters is 1. The summed E-state index contributed by atoms with van der Waals surface area (Å²) in [6.45, 7) is 5.50. The molecule has 0 saturated carbocycles. The van der Waals surface area contributed by atoms with Crippen LogP contribution in [0.5, 0.6) is 0 Å². The number of ether oxygens (including phenoxy) is 1. The van der Waals surface area contributed by atoms with Gasteiger partial charge in [-0.1, -0.05) is 0 Å². The van der Waals surface area contributed by atoms with Gasteiger partial charge in [0.1, 0.15) is 5.60 Å². The van der Waals surface area contributed by atoms with Crippen LogP contribution in [0.25, 0.3) is 6.08 Å². The highest BCUT2D eigenvalue weighted by atomic mass is 79.9. The number of hydrogen-bond donors (Lipinski definition) is 0. The van der Waals surface area contributed by atoms with Gasteiger partial charge in [-0.3, -0.25) is 4.98 Å². The van der Waals surface area contributed by atoms with Crippen LogP contribution in [-0.4, -0.2) is 16.6 Å². The summed E-state index contributed by atoms with van der Waals surface area (Å²) < 4.78 is 6.01. The molecule has 0 N–H and O–H groups in total. The van der Waals surface area contributed by atoms with Crippen LogP contribution in [0, 0.1) is 0 Å². The molecule has 1 aromatic heterocycles. The number of hydrogen-bond acceptors (Lipinski definition) is 3. The standard InChI is InChI=1S/C12H14BrNO2/c1-12(2,3)16-11(15)5-4-9-6-10(13)8-14-7-9/h4-8H,1-3H3. The highest BCUT2D eigenvalue weighted by Gasteiger charge is 2.13. The molecule has 0 bridgehead atoms. The summed E-state index contributed by atoms with van der Waals surface area (Å²) in [4.78, 5) is 15.4. The van der Waals surface area contributed by atoms with Crippen LogP contribution in [0.4, 0.5) is 0 Å². The molecule has 0 spiro atoms. The molecule has 0 aliphatic carbocycles. The molecule has 0 unspecified atom stereocenters. The van der Waals surface area contributed by atoms with Crippen LogP contribution in [-0.2, 0) is 9.53 Å². The van der Waals surface area contributed by atoms with Crippen LogP contribution in [0.1, 0.15) is 26.3 Å². The molecule has 0 amide bonds. The Hall–Kier alpha value is -1.16. The molecule has 1 aromatic rings. The van der Waals surface area contributed by atoms with Gasteiger partial charge >= 0.3 is 5.97 Å². The number of carbonyl (C=O) groups is 1. The van der Waals surface area contributed by atoms with Gasteiger partial charge in [0.05, 0.1) is 0 Å². The van der Waals surface area contributed by atoms with E-state index in [4.69, 9.17) is 4.74 Å². The first-order chi connectivity index (χ1) is 7.37. The van der Waals surface area contributed by atoms with Gasteiger partial charge in [0.15, 0.2) is 0 Å². The quantitative estimate of drug-likeness (QED) is 0.618. The first-order valence-electron chi connectivity index (χ1n) is 4.88. The lowest BCUT2D eigenvalue weighted by Crippen LogP contribution is -2.22. The fourth-order valence-electron chi connectivity index (χ4n) is 1.02. The van der Waals surface area contributed by atoms with Gasteiger partial charge < -0.3 is 4.74 Å². The minimum atomic E-state index is -0.461. The van der Waals surface area contributed by atoms with Gasteiger partial charge in [-0.05, 0) is 54.4 Å². The molecule has 86 valence electrons. The number of rotatable bonds is 2. The molecule has 0 aliphatic heterocycles. The van der Waals surface area contributed by atoms with E-state index < -0.39 is 5.60 Å². The van der Waals surface area contributed by atoms with Crippen molar-refractivity contribution in [3.8, 4) is 0 Å². The maximum atomic E-state index is 11.4. The monoisotopic (exact) mass is 283 g/mol. The molecule has 1 rings (SSSR count). The summed E-state index contributed by atoms with van der Waals surface area (Å²) in [5, 5.41) is 0. The van der Waals surface area contributed by atoms with Gasteiger partial charge in [-0.2, -0.15) is 0 Å². The molecule has 0 atom stereocenters. The highest BCUT2D eigenvalue weighted by Crippen LogP contribution is 2.12. The van der Waals surface area contributed by atoms with Crippen LogP contribution in [0.3, 0.4) is 0 Å². The molecular formula is C12H14BrNO2. The van der Waals surface area contributed by atoms with E-state index in [0.29, 0.717) is 0 Å². The number of pyridine rings is 1. The highest BCUT2D eigenvalue weighted by molar-refractivity contribution is 9.10. The minimum absolute atomic E-state index is 0.354. The van der Waals surface area contributed by atoms with E-state index in [2.05, 4.69) is 20.9 Å².